The summed E-state index contributed by atoms with van der Waals surface area (Å²) in [6.07, 6.45) is 4.27. The summed E-state index contributed by atoms with van der Waals surface area (Å²) in [6, 6.07) is 0. The van der Waals surface area contributed by atoms with E-state index in [0.717, 1.165) is 44.1 Å². The molecule has 78 valence electrons. The molecule has 0 aromatic carbocycles. The Hall–Kier alpha value is -0.870. The van der Waals surface area contributed by atoms with Crippen LogP contribution in [0.1, 0.15) is 19.8 Å². The summed E-state index contributed by atoms with van der Waals surface area (Å²) in [5.74, 6) is 8.14. The molecule has 0 bridgehead atoms. The van der Waals surface area contributed by atoms with Crippen molar-refractivity contribution in [3.05, 3.63) is 11.8 Å². The van der Waals surface area contributed by atoms with E-state index in [1.165, 1.54) is 0 Å². The molecule has 0 saturated carbocycles. The van der Waals surface area contributed by atoms with Crippen molar-refractivity contribution in [3.63, 3.8) is 0 Å². The lowest BCUT2D eigenvalue weighted by molar-refractivity contribution is 0.175. The highest BCUT2D eigenvalue weighted by molar-refractivity contribution is 5.75. The Morgan fingerprint density at radius 1 is 1.50 bits per heavy atom. The molecule has 2 N–H and O–H groups in total. The van der Waals surface area contributed by atoms with Crippen LogP contribution in [0.5, 0.6) is 0 Å². The van der Waals surface area contributed by atoms with Crippen molar-refractivity contribution in [1.29, 1.82) is 0 Å². The molecular weight excluding hydrogens is 178 g/mol. The van der Waals surface area contributed by atoms with Gasteiger partial charge < -0.3 is 4.74 Å². The number of nitrogens with zero attached hydrogens (tertiary/aromatic N) is 2. The van der Waals surface area contributed by atoms with Crippen LogP contribution < -0.4 is 5.84 Å². The standard InChI is InChI=1S/C10H17N3O/c1-8-12-5-2-10(14-8)9-3-6-13(11)7-4-9/h2,9H,3-7,11H2,1H3. The maximum atomic E-state index is 5.70. The fraction of sp³-hybridized carbons (Fsp3) is 0.700. The molecule has 0 aromatic rings. The maximum absolute atomic E-state index is 5.70. The molecular formula is C10H17N3O. The van der Waals surface area contributed by atoms with Crippen LogP contribution in [0.25, 0.3) is 0 Å². The lowest BCUT2D eigenvalue weighted by Crippen LogP contribution is -2.39. The van der Waals surface area contributed by atoms with Crippen LogP contribution >= 0.6 is 0 Å². The van der Waals surface area contributed by atoms with Crippen LogP contribution in [-0.2, 0) is 4.74 Å². The van der Waals surface area contributed by atoms with E-state index < -0.39 is 0 Å². The van der Waals surface area contributed by atoms with Gasteiger partial charge in [0.05, 0.1) is 6.54 Å². The molecule has 0 atom stereocenters. The van der Waals surface area contributed by atoms with Gasteiger partial charge >= 0.3 is 0 Å². The SMILES string of the molecule is CC1=NCC=C(C2CCN(N)CC2)O1. The number of rotatable bonds is 1. The number of aliphatic imine (C=N–C) groups is 1. The molecule has 4 nitrogen and oxygen atoms in total. The molecule has 14 heavy (non-hydrogen) atoms. The van der Waals surface area contributed by atoms with Crippen LogP contribution in [0, 0.1) is 5.92 Å². The van der Waals surface area contributed by atoms with Crippen LogP contribution in [0.3, 0.4) is 0 Å². The van der Waals surface area contributed by atoms with E-state index in [-0.39, 0.29) is 0 Å². The van der Waals surface area contributed by atoms with Crippen LogP contribution in [0.15, 0.2) is 16.8 Å². The summed E-state index contributed by atoms with van der Waals surface area (Å²) in [4.78, 5) is 4.17. The third-order valence-corrected chi connectivity index (χ3v) is 2.80. The number of hydrazine groups is 1. The summed E-state index contributed by atoms with van der Waals surface area (Å²) in [6.45, 7) is 4.60. The molecule has 0 amide bonds. The van der Waals surface area contributed by atoms with E-state index in [1.807, 2.05) is 11.9 Å². The Bertz CT molecular complexity index is 265. The first-order valence-corrected chi connectivity index (χ1v) is 5.14. The minimum absolute atomic E-state index is 0.542. The third kappa shape index (κ3) is 2.13. The Kier molecular flexibility index (Phi) is 2.84. The van der Waals surface area contributed by atoms with Crippen molar-refractivity contribution >= 4 is 5.90 Å². The van der Waals surface area contributed by atoms with Gasteiger partial charge in [-0.25, -0.2) is 5.01 Å². The van der Waals surface area contributed by atoms with Crippen LogP contribution in [-0.4, -0.2) is 30.5 Å². The number of allylic oxidation sites excluding steroid dienone is 1. The zero-order chi connectivity index (χ0) is 9.97. The van der Waals surface area contributed by atoms with Gasteiger partial charge in [-0.2, -0.15) is 0 Å². The maximum Gasteiger partial charge on any atom is 0.186 e. The number of piperidine rings is 1. The van der Waals surface area contributed by atoms with Crippen molar-refractivity contribution in [1.82, 2.24) is 5.01 Å². The first-order chi connectivity index (χ1) is 6.75. The summed E-state index contributed by atoms with van der Waals surface area (Å²) < 4.78 is 5.61. The van der Waals surface area contributed by atoms with E-state index in [9.17, 15) is 0 Å². The van der Waals surface area contributed by atoms with E-state index in [1.54, 1.807) is 0 Å². The number of ether oxygens (including phenoxy) is 1. The smallest absolute Gasteiger partial charge is 0.186 e. The highest BCUT2D eigenvalue weighted by Crippen LogP contribution is 2.25. The Morgan fingerprint density at radius 3 is 2.86 bits per heavy atom. The van der Waals surface area contributed by atoms with Gasteiger partial charge in [0.25, 0.3) is 0 Å². The molecule has 2 rings (SSSR count). The van der Waals surface area contributed by atoms with E-state index >= 15 is 0 Å². The van der Waals surface area contributed by atoms with Gasteiger partial charge in [-0.15, -0.1) is 0 Å². The number of hydrogen-bond acceptors (Lipinski definition) is 4. The molecule has 1 fully saturated rings. The molecule has 4 heteroatoms. The fourth-order valence-corrected chi connectivity index (χ4v) is 1.94. The highest BCUT2D eigenvalue weighted by Gasteiger charge is 2.23. The highest BCUT2D eigenvalue weighted by atomic mass is 16.5. The monoisotopic (exact) mass is 195 g/mol. The molecule has 0 aliphatic carbocycles. The molecule has 0 unspecified atom stereocenters. The zero-order valence-corrected chi connectivity index (χ0v) is 8.57. The zero-order valence-electron chi connectivity index (χ0n) is 8.57. The summed E-state index contributed by atoms with van der Waals surface area (Å²) in [7, 11) is 0. The van der Waals surface area contributed by atoms with E-state index in [2.05, 4.69) is 11.1 Å². The van der Waals surface area contributed by atoms with E-state index in [4.69, 9.17) is 10.6 Å². The second kappa shape index (κ2) is 4.11. The van der Waals surface area contributed by atoms with Crippen molar-refractivity contribution in [2.24, 2.45) is 16.8 Å². The van der Waals surface area contributed by atoms with Crippen molar-refractivity contribution in [2.75, 3.05) is 19.6 Å². The average Bonchev–Trinajstić information content (AvgIpc) is 2.19. The quantitative estimate of drug-likeness (QED) is 0.632. The van der Waals surface area contributed by atoms with Crippen molar-refractivity contribution < 1.29 is 4.74 Å². The lowest BCUT2D eigenvalue weighted by atomic mass is 9.95. The van der Waals surface area contributed by atoms with Crippen LogP contribution in [0.4, 0.5) is 0 Å². The van der Waals surface area contributed by atoms with Gasteiger partial charge in [0.15, 0.2) is 5.90 Å². The average molecular weight is 195 g/mol. The second-order valence-corrected chi connectivity index (χ2v) is 3.88. The molecule has 2 aliphatic rings. The Morgan fingerprint density at radius 2 is 2.21 bits per heavy atom. The van der Waals surface area contributed by atoms with Gasteiger partial charge in [0, 0.05) is 25.9 Å². The first kappa shape index (κ1) is 9.68. The molecule has 2 heterocycles. The lowest BCUT2D eigenvalue weighted by Gasteiger charge is -2.30. The molecule has 2 aliphatic heterocycles. The molecule has 0 aromatic heterocycles. The third-order valence-electron chi connectivity index (χ3n) is 2.80. The van der Waals surface area contributed by atoms with Gasteiger partial charge in [-0.3, -0.25) is 10.8 Å². The van der Waals surface area contributed by atoms with Crippen molar-refractivity contribution in [2.45, 2.75) is 19.8 Å². The van der Waals surface area contributed by atoms with E-state index in [0.29, 0.717) is 5.92 Å². The summed E-state index contributed by atoms with van der Waals surface area (Å²) in [5.41, 5.74) is 0. The number of nitrogens with two attached hydrogens (primary N) is 1. The Labute approximate surface area is 84.4 Å². The summed E-state index contributed by atoms with van der Waals surface area (Å²) >= 11 is 0. The topological polar surface area (TPSA) is 50.8 Å². The minimum atomic E-state index is 0.542. The largest absolute Gasteiger partial charge is 0.448 e. The normalized spacial score (nSPS) is 25.3. The predicted molar refractivity (Wildman–Crippen MR) is 55.6 cm³/mol. The van der Waals surface area contributed by atoms with Gasteiger partial charge in [-0.05, 0) is 18.9 Å². The molecule has 1 saturated heterocycles. The predicted octanol–water partition coefficient (Wildman–Crippen LogP) is 0.905. The van der Waals surface area contributed by atoms with Gasteiger partial charge in [0.1, 0.15) is 5.76 Å². The van der Waals surface area contributed by atoms with Crippen molar-refractivity contribution in [3.8, 4) is 0 Å². The minimum Gasteiger partial charge on any atom is -0.448 e. The van der Waals surface area contributed by atoms with Gasteiger partial charge in [0.2, 0.25) is 0 Å². The Balaban J connectivity index is 1.93. The van der Waals surface area contributed by atoms with Gasteiger partial charge in [-0.1, -0.05) is 0 Å². The first-order valence-electron chi connectivity index (χ1n) is 5.14. The number of hydrogen-bond donors (Lipinski definition) is 1. The molecule has 0 spiro atoms. The summed E-state index contributed by atoms with van der Waals surface area (Å²) in [5, 5.41) is 1.88. The van der Waals surface area contributed by atoms with Crippen LogP contribution in [0.2, 0.25) is 0 Å². The second-order valence-electron chi connectivity index (χ2n) is 3.88. The fourth-order valence-electron chi connectivity index (χ4n) is 1.94. The molecule has 0 radical (unpaired) electrons.